The van der Waals surface area contributed by atoms with Crippen molar-refractivity contribution < 1.29 is 0 Å². The maximum atomic E-state index is 4.17. The quantitative estimate of drug-likeness (QED) is 0.776. The molecular formula is C15H22N4. The van der Waals surface area contributed by atoms with Crippen molar-refractivity contribution in [3.05, 3.63) is 41.7 Å². The molecule has 2 aromatic rings. The average Bonchev–Trinajstić information content (AvgIpc) is 2.89. The summed E-state index contributed by atoms with van der Waals surface area (Å²) >= 11 is 0. The molecule has 0 saturated carbocycles. The van der Waals surface area contributed by atoms with E-state index in [9.17, 15) is 0 Å². The summed E-state index contributed by atoms with van der Waals surface area (Å²) in [5, 5.41) is 11.7. The van der Waals surface area contributed by atoms with E-state index in [4.69, 9.17) is 0 Å². The Morgan fingerprint density at radius 2 is 1.89 bits per heavy atom. The minimum Gasteiger partial charge on any atom is -0.311 e. The monoisotopic (exact) mass is 258 g/mol. The second-order valence-electron chi connectivity index (χ2n) is 4.75. The Bertz CT molecular complexity index is 487. The van der Waals surface area contributed by atoms with Gasteiger partial charge in [0.25, 0.3) is 0 Å². The molecule has 1 N–H and O–H groups in total. The predicted octanol–water partition coefficient (Wildman–Crippen LogP) is 2.72. The van der Waals surface area contributed by atoms with E-state index in [-0.39, 0.29) is 0 Å². The van der Waals surface area contributed by atoms with E-state index in [1.54, 1.807) is 0 Å². The Labute approximate surface area is 114 Å². The molecule has 0 aliphatic carbocycles. The summed E-state index contributed by atoms with van der Waals surface area (Å²) in [5.41, 5.74) is 3.41. The van der Waals surface area contributed by atoms with Crippen LogP contribution in [0.2, 0.25) is 0 Å². The van der Waals surface area contributed by atoms with Crippen LogP contribution in [0.4, 0.5) is 0 Å². The SMILES string of the molecule is CCCNCc1cn(-c2ccc(CCC)cc2)nn1. The number of nitrogens with one attached hydrogen (secondary N) is 1. The Morgan fingerprint density at radius 3 is 2.58 bits per heavy atom. The van der Waals surface area contributed by atoms with Crippen molar-refractivity contribution >= 4 is 0 Å². The zero-order valence-corrected chi connectivity index (χ0v) is 11.8. The molecule has 0 amide bonds. The van der Waals surface area contributed by atoms with Gasteiger partial charge in [0, 0.05) is 6.54 Å². The van der Waals surface area contributed by atoms with Gasteiger partial charge in [0.15, 0.2) is 0 Å². The van der Waals surface area contributed by atoms with Gasteiger partial charge in [0.05, 0.1) is 17.6 Å². The summed E-state index contributed by atoms with van der Waals surface area (Å²) in [4.78, 5) is 0. The van der Waals surface area contributed by atoms with E-state index in [1.807, 2.05) is 10.9 Å². The third kappa shape index (κ3) is 3.89. The Hall–Kier alpha value is -1.68. The number of nitrogens with zero attached hydrogens (tertiary/aromatic N) is 3. The lowest BCUT2D eigenvalue weighted by Crippen LogP contribution is -2.13. The number of aromatic nitrogens is 3. The van der Waals surface area contributed by atoms with E-state index in [0.29, 0.717) is 0 Å². The summed E-state index contributed by atoms with van der Waals surface area (Å²) in [7, 11) is 0. The first kappa shape index (κ1) is 13.7. The summed E-state index contributed by atoms with van der Waals surface area (Å²) in [5.74, 6) is 0. The van der Waals surface area contributed by atoms with Crippen LogP contribution >= 0.6 is 0 Å². The highest BCUT2D eigenvalue weighted by molar-refractivity contribution is 5.33. The second kappa shape index (κ2) is 7.04. The van der Waals surface area contributed by atoms with Crippen LogP contribution in [0.5, 0.6) is 0 Å². The molecule has 0 atom stereocenters. The number of benzene rings is 1. The lowest BCUT2D eigenvalue weighted by atomic mass is 10.1. The highest BCUT2D eigenvalue weighted by Crippen LogP contribution is 2.10. The van der Waals surface area contributed by atoms with Crippen molar-refractivity contribution in [3.8, 4) is 5.69 Å². The van der Waals surface area contributed by atoms with E-state index in [2.05, 4.69) is 53.7 Å². The molecule has 2 rings (SSSR count). The zero-order valence-electron chi connectivity index (χ0n) is 11.8. The van der Waals surface area contributed by atoms with Crippen LogP contribution in [-0.4, -0.2) is 21.5 Å². The van der Waals surface area contributed by atoms with Gasteiger partial charge in [-0.15, -0.1) is 5.10 Å². The maximum Gasteiger partial charge on any atom is 0.0969 e. The highest BCUT2D eigenvalue weighted by Gasteiger charge is 2.02. The van der Waals surface area contributed by atoms with Crippen LogP contribution in [0, 0.1) is 0 Å². The first-order valence-corrected chi connectivity index (χ1v) is 7.04. The normalized spacial score (nSPS) is 10.8. The number of hydrogen-bond acceptors (Lipinski definition) is 3. The van der Waals surface area contributed by atoms with Crippen LogP contribution in [0.15, 0.2) is 30.5 Å². The molecule has 0 spiro atoms. The Kier molecular flexibility index (Phi) is 5.10. The fraction of sp³-hybridized carbons (Fsp3) is 0.467. The van der Waals surface area contributed by atoms with Crippen LogP contribution in [0.1, 0.15) is 37.9 Å². The van der Waals surface area contributed by atoms with Crippen LogP contribution < -0.4 is 5.32 Å². The fourth-order valence-corrected chi connectivity index (χ4v) is 2.00. The highest BCUT2D eigenvalue weighted by atomic mass is 15.4. The molecule has 4 heteroatoms. The Balaban J connectivity index is 2.01. The first-order valence-electron chi connectivity index (χ1n) is 7.04. The van der Waals surface area contributed by atoms with E-state index in [0.717, 1.165) is 37.3 Å². The third-order valence-corrected chi connectivity index (χ3v) is 3.01. The molecule has 19 heavy (non-hydrogen) atoms. The molecule has 0 unspecified atom stereocenters. The van der Waals surface area contributed by atoms with Crippen molar-refractivity contribution in [2.45, 2.75) is 39.7 Å². The molecule has 0 saturated heterocycles. The van der Waals surface area contributed by atoms with E-state index < -0.39 is 0 Å². The van der Waals surface area contributed by atoms with Gasteiger partial charge >= 0.3 is 0 Å². The van der Waals surface area contributed by atoms with Crippen LogP contribution in [0.3, 0.4) is 0 Å². The van der Waals surface area contributed by atoms with Gasteiger partial charge in [0.1, 0.15) is 0 Å². The van der Waals surface area contributed by atoms with Gasteiger partial charge < -0.3 is 5.32 Å². The second-order valence-corrected chi connectivity index (χ2v) is 4.75. The topological polar surface area (TPSA) is 42.7 Å². The molecular weight excluding hydrogens is 236 g/mol. The summed E-state index contributed by atoms with van der Waals surface area (Å²) in [6.07, 6.45) is 5.42. The zero-order chi connectivity index (χ0) is 13.5. The molecule has 0 fully saturated rings. The number of hydrogen-bond donors (Lipinski definition) is 1. The molecule has 1 aromatic heterocycles. The van der Waals surface area contributed by atoms with Crippen molar-refractivity contribution in [2.24, 2.45) is 0 Å². The molecule has 4 nitrogen and oxygen atoms in total. The smallest absolute Gasteiger partial charge is 0.0969 e. The number of aryl methyl sites for hydroxylation is 1. The van der Waals surface area contributed by atoms with E-state index in [1.165, 1.54) is 12.0 Å². The summed E-state index contributed by atoms with van der Waals surface area (Å²) in [6.45, 7) is 6.14. The van der Waals surface area contributed by atoms with Gasteiger partial charge in [-0.2, -0.15) is 0 Å². The molecule has 1 aromatic carbocycles. The predicted molar refractivity (Wildman–Crippen MR) is 77.4 cm³/mol. The van der Waals surface area contributed by atoms with Crippen molar-refractivity contribution in [1.82, 2.24) is 20.3 Å². The van der Waals surface area contributed by atoms with Crippen molar-refractivity contribution in [1.29, 1.82) is 0 Å². The van der Waals surface area contributed by atoms with Crippen LogP contribution in [0.25, 0.3) is 5.69 Å². The third-order valence-electron chi connectivity index (χ3n) is 3.01. The van der Waals surface area contributed by atoms with Gasteiger partial charge in [-0.25, -0.2) is 4.68 Å². The molecule has 0 radical (unpaired) electrons. The number of rotatable bonds is 7. The largest absolute Gasteiger partial charge is 0.311 e. The van der Waals surface area contributed by atoms with Gasteiger partial charge in [-0.1, -0.05) is 37.6 Å². The average molecular weight is 258 g/mol. The lowest BCUT2D eigenvalue weighted by molar-refractivity contribution is 0.662. The van der Waals surface area contributed by atoms with Crippen molar-refractivity contribution in [2.75, 3.05) is 6.54 Å². The molecule has 1 heterocycles. The molecule has 0 bridgehead atoms. The van der Waals surface area contributed by atoms with Gasteiger partial charge in [-0.05, 0) is 37.1 Å². The van der Waals surface area contributed by atoms with Gasteiger partial charge in [-0.3, -0.25) is 0 Å². The first-order chi connectivity index (χ1) is 9.33. The van der Waals surface area contributed by atoms with Gasteiger partial charge in [0.2, 0.25) is 0 Å². The lowest BCUT2D eigenvalue weighted by Gasteiger charge is -2.02. The molecule has 0 aliphatic heterocycles. The standard InChI is InChI=1S/C15H22N4/c1-3-5-13-6-8-15(9-7-13)19-12-14(17-18-19)11-16-10-4-2/h6-9,12,16H,3-5,10-11H2,1-2H3. The van der Waals surface area contributed by atoms with E-state index >= 15 is 0 Å². The Morgan fingerprint density at radius 1 is 1.11 bits per heavy atom. The minimum absolute atomic E-state index is 0.780. The minimum atomic E-state index is 0.780. The van der Waals surface area contributed by atoms with Crippen molar-refractivity contribution in [3.63, 3.8) is 0 Å². The molecule has 102 valence electrons. The molecule has 0 aliphatic rings. The van der Waals surface area contributed by atoms with Crippen LogP contribution in [-0.2, 0) is 13.0 Å². The maximum absolute atomic E-state index is 4.17. The summed E-state index contributed by atoms with van der Waals surface area (Å²) in [6, 6.07) is 8.52. The summed E-state index contributed by atoms with van der Waals surface area (Å²) < 4.78 is 1.83. The fourth-order valence-electron chi connectivity index (χ4n) is 2.00.